The van der Waals surface area contributed by atoms with Crippen molar-refractivity contribution in [3.63, 3.8) is 0 Å². The van der Waals surface area contributed by atoms with Gasteiger partial charge >= 0.3 is 0 Å². The first-order valence-electron chi connectivity index (χ1n) is 8.01. The standard InChI is InChI=1S/C19H24NO2S/c1-6-19(4)12-20-8-7-13(2)9-17(20)15-11-18(23(5,21)22)14(3)10-16(15)19/h7-11H,6,12H2,1-5H3/q+1. The van der Waals surface area contributed by atoms with Gasteiger partial charge in [-0.3, -0.25) is 0 Å². The number of nitrogens with zero attached hydrogens (tertiary/aromatic N) is 1. The monoisotopic (exact) mass is 330 g/mol. The van der Waals surface area contributed by atoms with E-state index in [0.717, 1.165) is 29.8 Å². The van der Waals surface area contributed by atoms with E-state index in [1.807, 2.05) is 13.0 Å². The molecule has 1 aromatic heterocycles. The van der Waals surface area contributed by atoms with E-state index >= 15 is 0 Å². The summed E-state index contributed by atoms with van der Waals surface area (Å²) in [5.74, 6) is 0. The molecule has 2 heterocycles. The molecule has 1 unspecified atom stereocenters. The number of aromatic nitrogens is 1. The van der Waals surface area contributed by atoms with Crippen LogP contribution in [0.15, 0.2) is 35.4 Å². The third kappa shape index (κ3) is 2.59. The second-order valence-corrected chi connectivity index (χ2v) is 9.05. The van der Waals surface area contributed by atoms with Crippen LogP contribution in [0, 0.1) is 13.8 Å². The predicted molar refractivity (Wildman–Crippen MR) is 92.3 cm³/mol. The quantitative estimate of drug-likeness (QED) is 0.792. The molecule has 0 radical (unpaired) electrons. The summed E-state index contributed by atoms with van der Waals surface area (Å²) in [5.41, 5.74) is 5.46. The zero-order chi connectivity index (χ0) is 17.0. The van der Waals surface area contributed by atoms with Gasteiger partial charge in [-0.1, -0.05) is 13.0 Å². The van der Waals surface area contributed by atoms with Crippen LogP contribution in [-0.2, 0) is 21.8 Å². The number of aryl methyl sites for hydroxylation is 2. The van der Waals surface area contributed by atoms with Gasteiger partial charge in [0.1, 0.15) is 0 Å². The third-order valence-corrected chi connectivity index (χ3v) is 6.37. The topological polar surface area (TPSA) is 38.0 Å². The van der Waals surface area contributed by atoms with E-state index in [1.165, 1.54) is 17.4 Å². The van der Waals surface area contributed by atoms with Crippen molar-refractivity contribution < 1.29 is 13.0 Å². The minimum absolute atomic E-state index is 0.0169. The number of benzene rings is 1. The van der Waals surface area contributed by atoms with Crippen molar-refractivity contribution in [2.75, 3.05) is 6.26 Å². The van der Waals surface area contributed by atoms with Crippen molar-refractivity contribution in [2.45, 2.75) is 51.0 Å². The number of pyridine rings is 1. The highest BCUT2D eigenvalue weighted by molar-refractivity contribution is 7.90. The molecule has 1 aromatic carbocycles. The van der Waals surface area contributed by atoms with E-state index < -0.39 is 9.84 Å². The van der Waals surface area contributed by atoms with Crippen LogP contribution in [0.1, 0.15) is 37.0 Å². The minimum Gasteiger partial charge on any atom is -0.224 e. The van der Waals surface area contributed by atoms with Gasteiger partial charge in [0.25, 0.3) is 0 Å². The lowest BCUT2D eigenvalue weighted by Crippen LogP contribution is -2.49. The molecule has 0 aliphatic carbocycles. The van der Waals surface area contributed by atoms with Gasteiger partial charge < -0.3 is 0 Å². The first-order chi connectivity index (χ1) is 10.7. The average Bonchev–Trinajstić information content (AvgIpc) is 2.47. The van der Waals surface area contributed by atoms with E-state index in [4.69, 9.17) is 0 Å². The van der Waals surface area contributed by atoms with Crippen LogP contribution in [0.3, 0.4) is 0 Å². The molecule has 0 amide bonds. The summed E-state index contributed by atoms with van der Waals surface area (Å²) in [7, 11) is -3.23. The van der Waals surface area contributed by atoms with Crippen molar-refractivity contribution in [3.8, 4) is 11.3 Å². The van der Waals surface area contributed by atoms with Crippen molar-refractivity contribution in [1.82, 2.24) is 0 Å². The predicted octanol–water partition coefficient (Wildman–Crippen LogP) is 3.34. The van der Waals surface area contributed by atoms with Gasteiger partial charge in [0.2, 0.25) is 5.69 Å². The number of hydrogen-bond acceptors (Lipinski definition) is 2. The Bertz CT molecular complexity index is 900. The average molecular weight is 330 g/mol. The molecule has 122 valence electrons. The molecule has 0 N–H and O–H groups in total. The molecule has 0 spiro atoms. The van der Waals surface area contributed by atoms with E-state index in [0.29, 0.717) is 4.90 Å². The molecule has 1 atom stereocenters. The molecule has 1 aliphatic rings. The lowest BCUT2D eigenvalue weighted by atomic mass is 9.74. The zero-order valence-corrected chi connectivity index (χ0v) is 15.3. The molecule has 0 fully saturated rings. The highest BCUT2D eigenvalue weighted by Gasteiger charge is 2.39. The SMILES string of the molecule is CCC1(C)C[n+]2ccc(C)cc2-c2cc(S(C)(=O)=O)c(C)cc21. The molecule has 0 saturated heterocycles. The second kappa shape index (κ2) is 5.17. The second-order valence-electron chi connectivity index (χ2n) is 7.07. The van der Waals surface area contributed by atoms with E-state index in [-0.39, 0.29) is 5.41 Å². The van der Waals surface area contributed by atoms with E-state index in [2.05, 4.69) is 49.7 Å². The summed E-state index contributed by atoms with van der Waals surface area (Å²) in [6.07, 6.45) is 4.41. The molecule has 1 aliphatic heterocycles. The van der Waals surface area contributed by atoms with Gasteiger partial charge in [-0.05, 0) is 49.9 Å². The molecule has 3 nitrogen and oxygen atoms in total. The maximum absolute atomic E-state index is 12.1. The Morgan fingerprint density at radius 2 is 1.91 bits per heavy atom. The van der Waals surface area contributed by atoms with Crippen molar-refractivity contribution >= 4 is 9.84 Å². The molecular formula is C19H24NO2S+. The number of hydrogen-bond donors (Lipinski definition) is 0. The van der Waals surface area contributed by atoms with Crippen LogP contribution < -0.4 is 4.57 Å². The first kappa shape index (κ1) is 16.2. The summed E-state index contributed by atoms with van der Waals surface area (Å²) < 4.78 is 26.5. The van der Waals surface area contributed by atoms with E-state index in [1.54, 1.807) is 0 Å². The van der Waals surface area contributed by atoms with E-state index in [9.17, 15) is 8.42 Å². The Labute approximate surface area is 138 Å². The minimum atomic E-state index is -3.23. The fourth-order valence-corrected chi connectivity index (χ4v) is 4.54. The third-order valence-electron chi connectivity index (χ3n) is 5.13. The number of rotatable bonds is 2. The Hall–Kier alpha value is -1.68. The maximum atomic E-state index is 12.1. The molecule has 4 heteroatoms. The van der Waals surface area contributed by atoms with Crippen molar-refractivity contribution in [2.24, 2.45) is 0 Å². The smallest absolute Gasteiger partial charge is 0.213 e. The van der Waals surface area contributed by atoms with Crippen LogP contribution in [0.5, 0.6) is 0 Å². The Morgan fingerprint density at radius 3 is 2.52 bits per heavy atom. The lowest BCUT2D eigenvalue weighted by Gasteiger charge is -2.33. The highest BCUT2D eigenvalue weighted by Crippen LogP contribution is 2.41. The van der Waals surface area contributed by atoms with Crippen LogP contribution in [0.2, 0.25) is 0 Å². The maximum Gasteiger partial charge on any atom is 0.213 e. The van der Waals surface area contributed by atoms with Gasteiger partial charge in [0.05, 0.1) is 15.9 Å². The van der Waals surface area contributed by atoms with Crippen molar-refractivity contribution in [3.05, 3.63) is 47.2 Å². The van der Waals surface area contributed by atoms with Gasteiger partial charge in [-0.25, -0.2) is 8.42 Å². The highest BCUT2D eigenvalue weighted by atomic mass is 32.2. The Balaban J connectivity index is 2.40. The van der Waals surface area contributed by atoms with Gasteiger partial charge in [-0.2, -0.15) is 4.57 Å². The van der Waals surface area contributed by atoms with Crippen LogP contribution in [-0.4, -0.2) is 14.7 Å². The molecule has 2 aromatic rings. The van der Waals surface area contributed by atoms with Gasteiger partial charge in [0, 0.05) is 18.4 Å². The molecule has 0 saturated carbocycles. The van der Waals surface area contributed by atoms with Gasteiger partial charge in [-0.15, -0.1) is 0 Å². The molecular weight excluding hydrogens is 306 g/mol. The normalized spacial score (nSPS) is 20.0. The fraction of sp³-hybridized carbons (Fsp3) is 0.421. The largest absolute Gasteiger partial charge is 0.224 e. The summed E-state index contributed by atoms with van der Waals surface area (Å²) in [4.78, 5) is 0.435. The van der Waals surface area contributed by atoms with Crippen LogP contribution >= 0.6 is 0 Å². The lowest BCUT2D eigenvalue weighted by molar-refractivity contribution is -0.696. The summed E-state index contributed by atoms with van der Waals surface area (Å²) in [6, 6.07) is 8.21. The Morgan fingerprint density at radius 1 is 1.22 bits per heavy atom. The first-order valence-corrected chi connectivity index (χ1v) is 9.90. The fourth-order valence-electron chi connectivity index (χ4n) is 3.57. The molecule has 3 rings (SSSR count). The number of sulfone groups is 1. The molecule has 0 bridgehead atoms. The number of fused-ring (bicyclic) bond motifs is 3. The van der Waals surface area contributed by atoms with Crippen molar-refractivity contribution in [1.29, 1.82) is 0 Å². The van der Waals surface area contributed by atoms with Crippen LogP contribution in [0.4, 0.5) is 0 Å². The Kier molecular flexibility index (Phi) is 3.64. The summed E-state index contributed by atoms with van der Waals surface area (Å²) in [6.45, 7) is 9.35. The zero-order valence-electron chi connectivity index (χ0n) is 14.5. The van der Waals surface area contributed by atoms with Gasteiger partial charge in [0.15, 0.2) is 22.6 Å². The molecule has 23 heavy (non-hydrogen) atoms. The van der Waals surface area contributed by atoms with Crippen LogP contribution in [0.25, 0.3) is 11.3 Å². The summed E-state index contributed by atoms with van der Waals surface area (Å²) in [5, 5.41) is 0. The summed E-state index contributed by atoms with van der Waals surface area (Å²) >= 11 is 0.